The highest BCUT2D eigenvalue weighted by molar-refractivity contribution is 7.99. The van der Waals surface area contributed by atoms with E-state index in [-0.39, 0.29) is 6.10 Å². The summed E-state index contributed by atoms with van der Waals surface area (Å²) in [6, 6.07) is 4.95. The Labute approximate surface area is 128 Å². The Morgan fingerprint density at radius 3 is 2.81 bits per heavy atom. The lowest BCUT2D eigenvalue weighted by molar-refractivity contribution is -0.150. The summed E-state index contributed by atoms with van der Waals surface area (Å²) >= 11 is 1.87. The van der Waals surface area contributed by atoms with E-state index >= 15 is 0 Å². The van der Waals surface area contributed by atoms with E-state index in [0.29, 0.717) is 17.1 Å². The SMILES string of the molecule is COC(=O)C(O)c1ccc(OC)c(OC2CCCSC2)c1. The van der Waals surface area contributed by atoms with E-state index in [1.807, 2.05) is 11.8 Å². The topological polar surface area (TPSA) is 65.0 Å². The molecular weight excluding hydrogens is 292 g/mol. The summed E-state index contributed by atoms with van der Waals surface area (Å²) in [6.45, 7) is 0. The first-order chi connectivity index (χ1) is 10.2. The molecule has 0 saturated carbocycles. The van der Waals surface area contributed by atoms with Crippen LogP contribution >= 0.6 is 11.8 Å². The van der Waals surface area contributed by atoms with Gasteiger partial charge in [-0.3, -0.25) is 0 Å². The first kappa shape index (κ1) is 16.0. The summed E-state index contributed by atoms with van der Waals surface area (Å²) in [5, 5.41) is 9.91. The zero-order chi connectivity index (χ0) is 15.2. The molecule has 0 spiro atoms. The Balaban J connectivity index is 2.18. The third-order valence-electron chi connectivity index (χ3n) is 3.34. The van der Waals surface area contributed by atoms with Crippen LogP contribution < -0.4 is 9.47 Å². The number of rotatable bonds is 5. The molecule has 1 saturated heterocycles. The number of aliphatic hydroxyl groups excluding tert-OH is 1. The molecule has 0 radical (unpaired) electrons. The molecule has 116 valence electrons. The lowest BCUT2D eigenvalue weighted by Gasteiger charge is -2.24. The molecule has 1 heterocycles. The summed E-state index contributed by atoms with van der Waals surface area (Å²) in [5.74, 6) is 2.54. The van der Waals surface area contributed by atoms with Crippen LogP contribution in [0.15, 0.2) is 18.2 Å². The minimum Gasteiger partial charge on any atom is -0.493 e. The number of benzene rings is 1. The Kier molecular flexibility index (Phi) is 5.76. The van der Waals surface area contributed by atoms with Crippen LogP contribution in [0.3, 0.4) is 0 Å². The van der Waals surface area contributed by atoms with Crippen molar-refractivity contribution in [3.05, 3.63) is 23.8 Å². The maximum atomic E-state index is 11.4. The molecule has 1 N–H and O–H groups in total. The molecular formula is C15H20O5S. The van der Waals surface area contributed by atoms with Crippen LogP contribution in [-0.2, 0) is 9.53 Å². The van der Waals surface area contributed by atoms with Crippen molar-refractivity contribution in [2.24, 2.45) is 0 Å². The van der Waals surface area contributed by atoms with Crippen molar-refractivity contribution in [2.75, 3.05) is 25.7 Å². The number of carbonyl (C=O) groups is 1. The number of thioether (sulfide) groups is 1. The summed E-state index contributed by atoms with van der Waals surface area (Å²) in [4.78, 5) is 11.4. The highest BCUT2D eigenvalue weighted by Gasteiger charge is 2.22. The van der Waals surface area contributed by atoms with Crippen molar-refractivity contribution in [1.29, 1.82) is 0 Å². The largest absolute Gasteiger partial charge is 0.493 e. The van der Waals surface area contributed by atoms with E-state index in [1.165, 1.54) is 7.11 Å². The second-order valence-electron chi connectivity index (χ2n) is 4.79. The second kappa shape index (κ2) is 7.56. The fourth-order valence-electron chi connectivity index (χ4n) is 2.19. The Morgan fingerprint density at radius 1 is 1.38 bits per heavy atom. The summed E-state index contributed by atoms with van der Waals surface area (Å²) < 4.78 is 15.8. The number of hydrogen-bond acceptors (Lipinski definition) is 6. The fraction of sp³-hybridized carbons (Fsp3) is 0.533. The van der Waals surface area contributed by atoms with Gasteiger partial charge in [-0.1, -0.05) is 6.07 Å². The van der Waals surface area contributed by atoms with Gasteiger partial charge >= 0.3 is 5.97 Å². The van der Waals surface area contributed by atoms with Crippen molar-refractivity contribution in [1.82, 2.24) is 0 Å². The van der Waals surface area contributed by atoms with Crippen molar-refractivity contribution in [3.63, 3.8) is 0 Å². The Bertz CT molecular complexity index is 485. The molecule has 0 aliphatic carbocycles. The van der Waals surface area contributed by atoms with Gasteiger partial charge in [0.05, 0.1) is 14.2 Å². The van der Waals surface area contributed by atoms with Gasteiger partial charge in [0.25, 0.3) is 0 Å². The van der Waals surface area contributed by atoms with Crippen molar-refractivity contribution in [3.8, 4) is 11.5 Å². The summed E-state index contributed by atoms with van der Waals surface area (Å²) in [7, 11) is 2.81. The molecule has 2 unspecified atom stereocenters. The van der Waals surface area contributed by atoms with Crippen LogP contribution in [0.25, 0.3) is 0 Å². The monoisotopic (exact) mass is 312 g/mol. The average molecular weight is 312 g/mol. The highest BCUT2D eigenvalue weighted by atomic mass is 32.2. The summed E-state index contributed by atoms with van der Waals surface area (Å²) in [5.41, 5.74) is 0.432. The van der Waals surface area contributed by atoms with Gasteiger partial charge in [-0.25, -0.2) is 4.79 Å². The van der Waals surface area contributed by atoms with Gasteiger partial charge in [0.15, 0.2) is 17.6 Å². The van der Waals surface area contributed by atoms with Crippen molar-refractivity contribution >= 4 is 17.7 Å². The van der Waals surface area contributed by atoms with E-state index in [0.717, 1.165) is 24.3 Å². The van der Waals surface area contributed by atoms with Crippen LogP contribution in [0.2, 0.25) is 0 Å². The van der Waals surface area contributed by atoms with E-state index in [9.17, 15) is 9.90 Å². The maximum Gasteiger partial charge on any atom is 0.339 e. The van der Waals surface area contributed by atoms with Gasteiger partial charge in [0.2, 0.25) is 0 Å². The molecule has 1 aliphatic heterocycles. The van der Waals surface area contributed by atoms with Gasteiger partial charge in [0.1, 0.15) is 6.10 Å². The van der Waals surface area contributed by atoms with E-state index in [1.54, 1.807) is 25.3 Å². The highest BCUT2D eigenvalue weighted by Crippen LogP contribution is 2.33. The molecule has 21 heavy (non-hydrogen) atoms. The maximum absolute atomic E-state index is 11.4. The van der Waals surface area contributed by atoms with Crippen LogP contribution in [0.1, 0.15) is 24.5 Å². The fourth-order valence-corrected chi connectivity index (χ4v) is 3.22. The average Bonchev–Trinajstić information content (AvgIpc) is 2.54. The van der Waals surface area contributed by atoms with Gasteiger partial charge in [-0.2, -0.15) is 11.8 Å². The Morgan fingerprint density at radius 2 is 2.19 bits per heavy atom. The quantitative estimate of drug-likeness (QED) is 0.841. The lowest BCUT2D eigenvalue weighted by atomic mass is 10.1. The molecule has 0 amide bonds. The number of esters is 1. The molecule has 2 rings (SSSR count). The number of aliphatic hydroxyl groups is 1. The van der Waals surface area contributed by atoms with Gasteiger partial charge in [-0.15, -0.1) is 0 Å². The molecule has 5 nitrogen and oxygen atoms in total. The van der Waals surface area contributed by atoms with Crippen molar-refractivity contribution < 1.29 is 24.1 Å². The second-order valence-corrected chi connectivity index (χ2v) is 5.94. The van der Waals surface area contributed by atoms with Crippen LogP contribution in [0, 0.1) is 0 Å². The van der Waals surface area contributed by atoms with E-state index < -0.39 is 12.1 Å². The molecule has 0 aromatic heterocycles. The number of hydrogen-bond donors (Lipinski definition) is 1. The van der Waals surface area contributed by atoms with E-state index in [2.05, 4.69) is 4.74 Å². The van der Waals surface area contributed by atoms with Gasteiger partial charge in [-0.05, 0) is 36.3 Å². The number of carbonyl (C=O) groups excluding carboxylic acids is 1. The zero-order valence-corrected chi connectivity index (χ0v) is 13.0. The first-order valence-corrected chi connectivity index (χ1v) is 7.99. The van der Waals surface area contributed by atoms with Crippen LogP contribution in [-0.4, -0.2) is 42.9 Å². The summed E-state index contributed by atoms with van der Waals surface area (Å²) in [6.07, 6.45) is 0.939. The first-order valence-electron chi connectivity index (χ1n) is 6.84. The van der Waals surface area contributed by atoms with Crippen LogP contribution in [0.4, 0.5) is 0 Å². The predicted molar refractivity (Wildman–Crippen MR) is 80.9 cm³/mol. The smallest absolute Gasteiger partial charge is 0.339 e. The van der Waals surface area contributed by atoms with Crippen molar-refractivity contribution in [2.45, 2.75) is 25.0 Å². The zero-order valence-electron chi connectivity index (χ0n) is 12.2. The third kappa shape index (κ3) is 4.04. The molecule has 1 aromatic rings. The lowest BCUT2D eigenvalue weighted by Crippen LogP contribution is -2.23. The van der Waals surface area contributed by atoms with E-state index in [4.69, 9.17) is 9.47 Å². The van der Waals surface area contributed by atoms with Gasteiger partial charge in [0, 0.05) is 5.75 Å². The molecule has 1 fully saturated rings. The molecule has 2 atom stereocenters. The molecule has 1 aliphatic rings. The number of ether oxygens (including phenoxy) is 3. The van der Waals surface area contributed by atoms with Gasteiger partial charge < -0.3 is 19.3 Å². The third-order valence-corrected chi connectivity index (χ3v) is 4.52. The predicted octanol–water partition coefficient (Wildman–Crippen LogP) is 2.18. The molecule has 6 heteroatoms. The minimum atomic E-state index is -1.32. The normalized spacial score (nSPS) is 19.7. The molecule has 1 aromatic carbocycles. The Hall–Kier alpha value is -1.40. The molecule has 0 bridgehead atoms. The standard InChI is InChI=1S/C15H20O5S/c1-18-12-6-5-10(14(16)15(17)19-2)8-13(12)20-11-4-3-7-21-9-11/h5-6,8,11,14,16H,3-4,7,9H2,1-2H3. The van der Waals surface area contributed by atoms with Crippen LogP contribution in [0.5, 0.6) is 11.5 Å². The number of methoxy groups -OCH3 is 2. The minimum absolute atomic E-state index is 0.128.